The molecule has 8 nitrogen and oxygen atoms in total. The molecule has 0 aliphatic carbocycles. The monoisotopic (exact) mass is 649 g/mol. The quantitative estimate of drug-likeness (QED) is 0.190. The standard InChI is InChI=1S/C34H40BrN3O5/c1-3-17-36(22-24-13-7-5-8-14-24)31(40)27-28-32(41)38(19-11-12-20-39)30(34(28)21-26(35)29(27)43-34)33(42)37(18-4-2)23-25-15-9-6-10-16-25/h3-10,13-16,26-30,39H,1-2,11-12,17-23H2/t26?,27-,28-,29-,30?,34?/m0/s1. The van der Waals surface area contributed by atoms with Gasteiger partial charge in [-0.05, 0) is 30.4 Å². The van der Waals surface area contributed by atoms with E-state index in [9.17, 15) is 19.5 Å². The number of benzene rings is 2. The number of nitrogens with zero attached hydrogens (tertiary/aromatic N) is 3. The van der Waals surface area contributed by atoms with Crippen LogP contribution in [0.4, 0.5) is 0 Å². The lowest BCUT2D eigenvalue weighted by molar-refractivity contribution is -0.149. The van der Waals surface area contributed by atoms with E-state index < -0.39 is 29.6 Å². The smallest absolute Gasteiger partial charge is 0.248 e. The van der Waals surface area contributed by atoms with Crippen LogP contribution in [-0.2, 0) is 32.2 Å². The fraction of sp³-hybridized carbons (Fsp3) is 0.441. The van der Waals surface area contributed by atoms with E-state index in [1.807, 2.05) is 60.7 Å². The first kappa shape index (κ1) is 31.2. The van der Waals surface area contributed by atoms with Crippen LogP contribution < -0.4 is 0 Å². The Kier molecular flexibility index (Phi) is 9.84. The van der Waals surface area contributed by atoms with Crippen molar-refractivity contribution < 1.29 is 24.2 Å². The van der Waals surface area contributed by atoms with Crippen LogP contribution >= 0.6 is 15.9 Å². The zero-order valence-corrected chi connectivity index (χ0v) is 26.0. The summed E-state index contributed by atoms with van der Waals surface area (Å²) < 4.78 is 6.72. The van der Waals surface area contributed by atoms with E-state index in [4.69, 9.17) is 4.74 Å². The lowest BCUT2D eigenvalue weighted by Crippen LogP contribution is -2.57. The molecule has 2 bridgehead atoms. The van der Waals surface area contributed by atoms with Crippen molar-refractivity contribution in [3.8, 4) is 0 Å². The normalized spacial score (nSPS) is 27.2. The fourth-order valence-corrected chi connectivity index (χ4v) is 8.04. The molecule has 0 saturated carbocycles. The van der Waals surface area contributed by atoms with Crippen LogP contribution in [0.3, 0.4) is 0 Å². The molecule has 1 spiro atoms. The minimum atomic E-state index is -1.14. The van der Waals surface area contributed by atoms with Crippen LogP contribution in [0.1, 0.15) is 30.4 Å². The molecule has 43 heavy (non-hydrogen) atoms. The summed E-state index contributed by atoms with van der Waals surface area (Å²) >= 11 is 3.77. The lowest BCUT2D eigenvalue weighted by atomic mass is 9.70. The number of likely N-dealkylation sites (tertiary alicyclic amines) is 1. The summed E-state index contributed by atoms with van der Waals surface area (Å²) in [6.45, 7) is 9.39. The Morgan fingerprint density at radius 3 is 2.05 bits per heavy atom. The molecule has 3 aliphatic rings. The van der Waals surface area contributed by atoms with Crippen LogP contribution in [-0.4, -0.2) is 86.3 Å². The molecular formula is C34H40BrN3O5. The summed E-state index contributed by atoms with van der Waals surface area (Å²) in [7, 11) is 0. The summed E-state index contributed by atoms with van der Waals surface area (Å²) in [5, 5.41) is 9.47. The molecule has 3 heterocycles. The third-order valence-electron chi connectivity index (χ3n) is 8.87. The number of unbranched alkanes of at least 4 members (excludes halogenated alkanes) is 1. The maximum atomic E-state index is 14.5. The second-order valence-corrected chi connectivity index (χ2v) is 12.8. The third kappa shape index (κ3) is 5.95. The maximum Gasteiger partial charge on any atom is 0.248 e. The van der Waals surface area contributed by atoms with Gasteiger partial charge in [-0.1, -0.05) is 88.7 Å². The molecule has 3 aliphatic heterocycles. The number of rotatable bonds is 14. The zero-order valence-electron chi connectivity index (χ0n) is 24.4. The lowest BCUT2D eigenvalue weighted by Gasteiger charge is -2.37. The average Bonchev–Trinajstić information content (AvgIpc) is 3.60. The van der Waals surface area contributed by atoms with Crippen LogP contribution in [0, 0.1) is 11.8 Å². The second-order valence-electron chi connectivity index (χ2n) is 11.6. The molecule has 3 amide bonds. The van der Waals surface area contributed by atoms with Crippen molar-refractivity contribution in [1.29, 1.82) is 0 Å². The predicted octanol–water partition coefficient (Wildman–Crippen LogP) is 3.94. The molecule has 2 aromatic rings. The van der Waals surface area contributed by atoms with Gasteiger partial charge >= 0.3 is 0 Å². The van der Waals surface area contributed by atoms with E-state index in [-0.39, 0.29) is 29.2 Å². The minimum Gasteiger partial charge on any atom is -0.396 e. The molecular weight excluding hydrogens is 610 g/mol. The molecule has 0 radical (unpaired) electrons. The highest BCUT2D eigenvalue weighted by atomic mass is 79.9. The van der Waals surface area contributed by atoms with Gasteiger partial charge in [0.05, 0.1) is 17.9 Å². The van der Waals surface area contributed by atoms with Crippen molar-refractivity contribution in [1.82, 2.24) is 14.7 Å². The van der Waals surface area contributed by atoms with E-state index >= 15 is 0 Å². The number of amides is 3. The first-order valence-corrected chi connectivity index (χ1v) is 15.9. The first-order chi connectivity index (χ1) is 20.9. The Bertz CT molecular complexity index is 1320. The third-order valence-corrected chi connectivity index (χ3v) is 9.71. The molecule has 3 fully saturated rings. The Morgan fingerprint density at radius 2 is 1.51 bits per heavy atom. The van der Waals surface area contributed by atoms with Crippen LogP contribution in [0.15, 0.2) is 86.0 Å². The molecule has 0 aromatic heterocycles. The SMILES string of the molecule is C=CCN(Cc1ccccc1)C(=O)C1N(CCCCO)C(=O)[C@@H]2[C@H](C(=O)N(CC=C)Cc3ccccc3)[C@H]3OC12CC3Br. The van der Waals surface area contributed by atoms with Gasteiger partial charge in [-0.2, -0.15) is 0 Å². The van der Waals surface area contributed by atoms with Crippen molar-refractivity contribution in [2.24, 2.45) is 11.8 Å². The number of hydrogen-bond donors (Lipinski definition) is 1. The fourth-order valence-electron chi connectivity index (χ4n) is 7.09. The van der Waals surface area contributed by atoms with Crippen molar-refractivity contribution in [3.63, 3.8) is 0 Å². The van der Waals surface area contributed by atoms with E-state index in [1.54, 1.807) is 26.9 Å². The van der Waals surface area contributed by atoms with E-state index in [0.29, 0.717) is 52.0 Å². The van der Waals surface area contributed by atoms with Crippen molar-refractivity contribution in [3.05, 3.63) is 97.1 Å². The number of carbonyl (C=O) groups is 3. The van der Waals surface area contributed by atoms with E-state index in [0.717, 1.165) is 11.1 Å². The number of fused-ring (bicyclic) bond motifs is 1. The van der Waals surface area contributed by atoms with Gasteiger partial charge in [0.15, 0.2) is 0 Å². The van der Waals surface area contributed by atoms with Gasteiger partial charge < -0.3 is 24.5 Å². The van der Waals surface area contributed by atoms with Gasteiger partial charge in [0.2, 0.25) is 17.7 Å². The highest BCUT2D eigenvalue weighted by Crippen LogP contribution is 2.60. The number of hydrogen-bond acceptors (Lipinski definition) is 5. The number of alkyl halides is 1. The van der Waals surface area contributed by atoms with E-state index in [1.165, 1.54) is 0 Å². The van der Waals surface area contributed by atoms with Crippen molar-refractivity contribution >= 4 is 33.7 Å². The van der Waals surface area contributed by atoms with Crippen molar-refractivity contribution in [2.75, 3.05) is 26.2 Å². The Labute approximate surface area is 262 Å². The number of ether oxygens (including phenoxy) is 1. The zero-order chi connectivity index (χ0) is 30.6. The number of aliphatic hydroxyl groups is 1. The molecule has 2 aromatic carbocycles. The highest BCUT2D eigenvalue weighted by Gasteiger charge is 2.76. The van der Waals surface area contributed by atoms with E-state index in [2.05, 4.69) is 29.1 Å². The van der Waals surface area contributed by atoms with Gasteiger partial charge in [-0.3, -0.25) is 14.4 Å². The molecule has 228 valence electrons. The molecule has 1 N–H and O–H groups in total. The largest absolute Gasteiger partial charge is 0.396 e. The molecule has 6 atom stereocenters. The summed E-state index contributed by atoms with van der Waals surface area (Å²) in [6.07, 6.45) is 4.31. The second kappa shape index (κ2) is 13.6. The highest BCUT2D eigenvalue weighted by molar-refractivity contribution is 9.09. The predicted molar refractivity (Wildman–Crippen MR) is 168 cm³/mol. The van der Waals surface area contributed by atoms with Gasteiger partial charge in [0.1, 0.15) is 11.6 Å². The Hall–Kier alpha value is -3.27. The van der Waals surface area contributed by atoms with Gasteiger partial charge in [-0.25, -0.2) is 0 Å². The molecule has 3 saturated heterocycles. The van der Waals surface area contributed by atoms with Gasteiger partial charge in [-0.15, -0.1) is 13.2 Å². The summed E-state index contributed by atoms with van der Waals surface area (Å²) in [5.74, 6) is -2.15. The van der Waals surface area contributed by atoms with Crippen LogP contribution in [0.25, 0.3) is 0 Å². The average molecular weight is 651 g/mol. The summed E-state index contributed by atoms with van der Waals surface area (Å²) in [6, 6.07) is 18.5. The molecule has 5 rings (SSSR count). The first-order valence-electron chi connectivity index (χ1n) is 15.0. The van der Waals surface area contributed by atoms with Gasteiger partial charge in [0.25, 0.3) is 0 Å². The molecule has 3 unspecified atom stereocenters. The summed E-state index contributed by atoms with van der Waals surface area (Å²) in [5.41, 5.74) is 0.797. The Balaban J connectivity index is 1.51. The number of halogens is 1. The molecule has 9 heteroatoms. The van der Waals surface area contributed by atoms with Crippen LogP contribution in [0.2, 0.25) is 0 Å². The Morgan fingerprint density at radius 1 is 0.953 bits per heavy atom. The number of carbonyl (C=O) groups excluding carboxylic acids is 3. The topological polar surface area (TPSA) is 90.4 Å². The number of aliphatic hydroxyl groups excluding tert-OH is 1. The van der Waals surface area contributed by atoms with Crippen molar-refractivity contribution in [2.45, 2.75) is 54.9 Å². The minimum absolute atomic E-state index is 0.00896. The maximum absolute atomic E-state index is 14.5. The summed E-state index contributed by atoms with van der Waals surface area (Å²) in [4.78, 5) is 48.1. The van der Waals surface area contributed by atoms with Gasteiger partial charge in [0, 0.05) is 44.2 Å². The van der Waals surface area contributed by atoms with Crippen LogP contribution in [0.5, 0.6) is 0 Å².